The molecule has 0 aromatic rings. The lowest BCUT2D eigenvalue weighted by molar-refractivity contribution is -0.338. The highest BCUT2D eigenvalue weighted by atomic mass is 16.7. The van der Waals surface area contributed by atoms with Crippen molar-refractivity contribution in [1.82, 2.24) is 0 Å². The van der Waals surface area contributed by atoms with E-state index in [1.807, 2.05) is 13.8 Å². The second kappa shape index (κ2) is 4.28. The van der Waals surface area contributed by atoms with Gasteiger partial charge in [0.25, 0.3) is 0 Å². The van der Waals surface area contributed by atoms with Gasteiger partial charge < -0.3 is 24.4 Å². The van der Waals surface area contributed by atoms with Crippen LogP contribution in [0.3, 0.4) is 0 Å². The lowest BCUT2D eigenvalue weighted by atomic mass is 9.81. The van der Waals surface area contributed by atoms with Gasteiger partial charge in [-0.05, 0) is 19.4 Å². The van der Waals surface area contributed by atoms with Crippen LogP contribution in [-0.4, -0.2) is 54.1 Å². The number of ether oxygens (including phenoxy) is 3. The van der Waals surface area contributed by atoms with Gasteiger partial charge >= 0.3 is 0 Å². The zero-order valence-corrected chi connectivity index (χ0v) is 10.7. The summed E-state index contributed by atoms with van der Waals surface area (Å²) in [6.45, 7) is 4.71. The molecule has 0 spiro atoms. The van der Waals surface area contributed by atoms with Gasteiger partial charge in [-0.2, -0.15) is 0 Å². The van der Waals surface area contributed by atoms with E-state index in [9.17, 15) is 10.2 Å². The van der Waals surface area contributed by atoms with Gasteiger partial charge in [0, 0.05) is 11.8 Å². The predicted molar refractivity (Wildman–Crippen MR) is 62.8 cm³/mol. The van der Waals surface area contributed by atoms with Crippen molar-refractivity contribution in [2.75, 3.05) is 19.8 Å². The topological polar surface area (TPSA) is 68.2 Å². The Morgan fingerprint density at radius 2 is 2.17 bits per heavy atom. The molecule has 0 saturated carbocycles. The molecule has 18 heavy (non-hydrogen) atoms. The maximum absolute atomic E-state index is 10.2. The van der Waals surface area contributed by atoms with E-state index in [0.29, 0.717) is 13.2 Å². The van der Waals surface area contributed by atoms with E-state index in [1.54, 1.807) is 6.08 Å². The molecule has 5 nitrogen and oxygen atoms in total. The molecule has 0 aromatic carbocycles. The molecule has 0 bridgehead atoms. The molecule has 0 amide bonds. The van der Waals surface area contributed by atoms with Gasteiger partial charge in [-0.15, -0.1) is 0 Å². The summed E-state index contributed by atoms with van der Waals surface area (Å²) in [4.78, 5) is 0. The first-order chi connectivity index (χ1) is 8.52. The summed E-state index contributed by atoms with van der Waals surface area (Å²) in [6, 6.07) is 0. The molecule has 102 valence electrons. The highest BCUT2D eigenvalue weighted by Gasteiger charge is 2.52. The van der Waals surface area contributed by atoms with Crippen LogP contribution in [0.5, 0.6) is 0 Å². The summed E-state index contributed by atoms with van der Waals surface area (Å²) >= 11 is 0. The van der Waals surface area contributed by atoms with E-state index in [-0.39, 0.29) is 30.7 Å². The van der Waals surface area contributed by atoms with Crippen LogP contribution in [0.1, 0.15) is 13.8 Å². The summed E-state index contributed by atoms with van der Waals surface area (Å²) < 4.78 is 17.3. The van der Waals surface area contributed by atoms with Crippen LogP contribution in [0.4, 0.5) is 0 Å². The number of rotatable bonds is 1. The SMILES string of the molecule is CC1(C)OC[C@H]2OC[C@H]3C(CO)=C[C@H](O)[C@@H]3[C@@H]2O1. The van der Waals surface area contributed by atoms with Crippen molar-refractivity contribution < 1.29 is 24.4 Å². The van der Waals surface area contributed by atoms with Crippen molar-refractivity contribution >= 4 is 0 Å². The van der Waals surface area contributed by atoms with Gasteiger partial charge in [0.2, 0.25) is 0 Å². The van der Waals surface area contributed by atoms with Crippen LogP contribution in [-0.2, 0) is 14.2 Å². The standard InChI is InChI=1S/C13H20O5/c1-13(2)17-6-10-12(18-13)11-8(5-16-10)7(4-14)3-9(11)15/h3,8-12,14-15H,4-6H2,1-2H3/t8-,9-,10+,11+,12+/m0/s1. The summed E-state index contributed by atoms with van der Waals surface area (Å²) in [5.41, 5.74) is 0.860. The third kappa shape index (κ3) is 1.90. The molecule has 2 fully saturated rings. The van der Waals surface area contributed by atoms with Crippen LogP contribution in [0.15, 0.2) is 11.6 Å². The number of aliphatic hydroxyl groups excluding tert-OH is 2. The zero-order valence-electron chi connectivity index (χ0n) is 10.7. The third-order valence-corrected chi connectivity index (χ3v) is 4.15. The first kappa shape index (κ1) is 12.6. The molecule has 5 atom stereocenters. The van der Waals surface area contributed by atoms with Crippen molar-refractivity contribution in [3.05, 3.63) is 11.6 Å². The van der Waals surface area contributed by atoms with Crippen molar-refractivity contribution in [3.8, 4) is 0 Å². The molecule has 1 aliphatic carbocycles. The van der Waals surface area contributed by atoms with Gasteiger partial charge in [0.1, 0.15) is 6.10 Å². The average molecular weight is 256 g/mol. The Morgan fingerprint density at radius 3 is 2.89 bits per heavy atom. The Morgan fingerprint density at radius 1 is 1.39 bits per heavy atom. The molecule has 3 aliphatic rings. The molecule has 0 radical (unpaired) electrons. The van der Waals surface area contributed by atoms with E-state index in [1.165, 1.54) is 0 Å². The number of hydrogen-bond acceptors (Lipinski definition) is 5. The number of aliphatic hydroxyl groups is 2. The lowest BCUT2D eigenvalue weighted by Crippen LogP contribution is -2.58. The minimum absolute atomic E-state index is 0.0289. The first-order valence-electron chi connectivity index (χ1n) is 6.45. The maximum Gasteiger partial charge on any atom is 0.163 e. The molecule has 2 saturated heterocycles. The highest BCUT2D eigenvalue weighted by Crippen LogP contribution is 2.43. The normalized spacial score (nSPS) is 46.2. The van der Waals surface area contributed by atoms with E-state index in [0.717, 1.165) is 5.57 Å². The zero-order chi connectivity index (χ0) is 12.9. The van der Waals surface area contributed by atoms with Gasteiger partial charge in [-0.25, -0.2) is 0 Å². The van der Waals surface area contributed by atoms with E-state index >= 15 is 0 Å². The van der Waals surface area contributed by atoms with Crippen LogP contribution < -0.4 is 0 Å². The van der Waals surface area contributed by atoms with Crippen molar-refractivity contribution in [2.45, 2.75) is 37.9 Å². The molecule has 2 N–H and O–H groups in total. The maximum atomic E-state index is 10.2. The summed E-state index contributed by atoms with van der Waals surface area (Å²) in [6.07, 6.45) is 0.873. The van der Waals surface area contributed by atoms with E-state index in [2.05, 4.69) is 0 Å². The largest absolute Gasteiger partial charge is 0.392 e. The van der Waals surface area contributed by atoms with Crippen LogP contribution in [0.25, 0.3) is 0 Å². The Hall–Kier alpha value is -0.460. The Bertz CT molecular complexity index is 364. The molecule has 5 heteroatoms. The summed E-state index contributed by atoms with van der Waals surface area (Å²) in [7, 11) is 0. The minimum atomic E-state index is -0.645. The fourth-order valence-electron chi connectivity index (χ4n) is 3.26. The Labute approximate surface area is 106 Å². The molecule has 2 aliphatic heterocycles. The monoisotopic (exact) mass is 256 g/mol. The van der Waals surface area contributed by atoms with Crippen molar-refractivity contribution in [1.29, 1.82) is 0 Å². The molecule has 0 aromatic heterocycles. The molecule has 0 unspecified atom stereocenters. The van der Waals surface area contributed by atoms with Crippen LogP contribution in [0, 0.1) is 11.8 Å². The fraction of sp³-hybridized carbons (Fsp3) is 0.846. The molecule has 2 heterocycles. The third-order valence-electron chi connectivity index (χ3n) is 4.15. The van der Waals surface area contributed by atoms with Gasteiger partial charge in [0.15, 0.2) is 5.79 Å². The Kier molecular flexibility index (Phi) is 2.99. The van der Waals surface area contributed by atoms with Crippen LogP contribution in [0.2, 0.25) is 0 Å². The van der Waals surface area contributed by atoms with E-state index < -0.39 is 11.9 Å². The van der Waals surface area contributed by atoms with Crippen molar-refractivity contribution in [2.24, 2.45) is 11.8 Å². The minimum Gasteiger partial charge on any atom is -0.392 e. The summed E-state index contributed by atoms with van der Waals surface area (Å²) in [5, 5.41) is 19.5. The second-order valence-electron chi connectivity index (χ2n) is 5.74. The molecule has 3 rings (SSSR count). The fourth-order valence-corrected chi connectivity index (χ4v) is 3.26. The second-order valence-corrected chi connectivity index (χ2v) is 5.74. The molecular formula is C13H20O5. The smallest absolute Gasteiger partial charge is 0.163 e. The van der Waals surface area contributed by atoms with Gasteiger partial charge in [-0.1, -0.05) is 6.08 Å². The highest BCUT2D eigenvalue weighted by molar-refractivity contribution is 5.23. The summed E-state index contributed by atoms with van der Waals surface area (Å²) in [5.74, 6) is -0.622. The molecular weight excluding hydrogens is 236 g/mol. The van der Waals surface area contributed by atoms with Gasteiger partial charge in [-0.3, -0.25) is 0 Å². The predicted octanol–water partition coefficient (Wildman–Crippen LogP) is 0.0623. The van der Waals surface area contributed by atoms with Crippen LogP contribution >= 0.6 is 0 Å². The number of fused-ring (bicyclic) bond motifs is 3. The van der Waals surface area contributed by atoms with Crippen molar-refractivity contribution in [3.63, 3.8) is 0 Å². The van der Waals surface area contributed by atoms with Gasteiger partial charge in [0.05, 0.1) is 32.0 Å². The number of hydrogen-bond donors (Lipinski definition) is 2. The average Bonchev–Trinajstić information content (AvgIpc) is 2.65. The van der Waals surface area contributed by atoms with E-state index in [4.69, 9.17) is 14.2 Å². The Balaban J connectivity index is 1.84. The quantitative estimate of drug-likeness (QED) is 0.649. The lowest BCUT2D eigenvalue weighted by Gasteiger charge is -2.48. The first-order valence-corrected chi connectivity index (χ1v) is 6.45.